The first-order chi connectivity index (χ1) is 16.5. The minimum absolute atomic E-state index is 0.0909. The van der Waals surface area contributed by atoms with Gasteiger partial charge in [0, 0.05) is 37.0 Å². The molecule has 0 aliphatic heterocycles. The molecule has 5 aromatic rings. The largest absolute Gasteiger partial charge is 0.346 e. The number of fused-ring (bicyclic) bond motifs is 1. The first-order valence-corrected chi connectivity index (χ1v) is 11.2. The molecule has 0 aliphatic carbocycles. The highest BCUT2D eigenvalue weighted by atomic mass is 16.1. The molecule has 5 rings (SSSR count). The summed E-state index contributed by atoms with van der Waals surface area (Å²) in [6, 6.07) is 21.5. The second-order valence-corrected chi connectivity index (χ2v) is 8.57. The molecule has 2 aromatic carbocycles. The van der Waals surface area contributed by atoms with Crippen molar-refractivity contribution in [1.29, 1.82) is 0 Å². The maximum atomic E-state index is 12.8. The van der Waals surface area contributed by atoms with E-state index in [-0.39, 0.29) is 5.78 Å². The van der Waals surface area contributed by atoms with E-state index in [9.17, 15) is 4.79 Å². The topological polar surface area (TPSA) is 72.7 Å². The molecule has 0 radical (unpaired) electrons. The van der Waals surface area contributed by atoms with Crippen molar-refractivity contribution in [3.05, 3.63) is 101 Å². The van der Waals surface area contributed by atoms with Crippen LogP contribution in [-0.4, -0.2) is 25.3 Å². The highest BCUT2D eigenvalue weighted by molar-refractivity contribution is 5.97. The van der Waals surface area contributed by atoms with Gasteiger partial charge in [-0.25, -0.2) is 15.0 Å². The van der Waals surface area contributed by atoms with E-state index in [1.54, 1.807) is 6.20 Å². The average Bonchev–Trinajstić information content (AvgIpc) is 3.20. The van der Waals surface area contributed by atoms with Crippen molar-refractivity contribution in [1.82, 2.24) is 19.5 Å². The molecule has 168 valence electrons. The normalized spacial score (nSPS) is 11.0. The molecule has 0 bridgehead atoms. The standard InChI is InChI=1S/C28H25N5O/c1-18-6-4-8-21(14-18)24(34)17-20-7-5-9-22(16-20)27-30-23-11-13-33(3)26(23)28(32-27)31-25-15-19(2)10-12-29-25/h4-16H,17H2,1-3H3,(H,29,30,31,32). The number of rotatable bonds is 6. The van der Waals surface area contributed by atoms with Gasteiger partial charge in [-0.05, 0) is 55.3 Å². The van der Waals surface area contributed by atoms with Crippen LogP contribution in [0.2, 0.25) is 0 Å². The zero-order valence-corrected chi connectivity index (χ0v) is 19.4. The number of hydrogen-bond acceptors (Lipinski definition) is 5. The Balaban J connectivity index is 1.50. The predicted octanol–water partition coefficient (Wildman–Crippen LogP) is 5.82. The minimum Gasteiger partial charge on any atom is -0.346 e. The fourth-order valence-corrected chi connectivity index (χ4v) is 4.06. The van der Waals surface area contributed by atoms with E-state index in [0.29, 0.717) is 18.1 Å². The zero-order valence-electron chi connectivity index (χ0n) is 19.4. The number of carbonyl (C=O) groups is 1. The zero-order chi connectivity index (χ0) is 23.7. The average molecular weight is 448 g/mol. The van der Waals surface area contributed by atoms with Crippen LogP contribution >= 0.6 is 0 Å². The van der Waals surface area contributed by atoms with Gasteiger partial charge in [-0.15, -0.1) is 0 Å². The van der Waals surface area contributed by atoms with Gasteiger partial charge in [0.15, 0.2) is 17.4 Å². The lowest BCUT2D eigenvalue weighted by Gasteiger charge is -2.11. The van der Waals surface area contributed by atoms with Crippen LogP contribution in [0.25, 0.3) is 22.4 Å². The Morgan fingerprint density at radius 1 is 0.941 bits per heavy atom. The predicted molar refractivity (Wildman–Crippen MR) is 135 cm³/mol. The summed E-state index contributed by atoms with van der Waals surface area (Å²) in [6.07, 6.45) is 4.06. The molecule has 3 heterocycles. The third-order valence-electron chi connectivity index (χ3n) is 5.77. The van der Waals surface area contributed by atoms with Gasteiger partial charge < -0.3 is 9.88 Å². The minimum atomic E-state index is 0.0909. The Bertz CT molecular complexity index is 1520. The van der Waals surface area contributed by atoms with Crippen LogP contribution in [-0.2, 0) is 13.5 Å². The quantitative estimate of drug-likeness (QED) is 0.332. The molecule has 0 atom stereocenters. The van der Waals surface area contributed by atoms with E-state index in [2.05, 4.69) is 10.3 Å². The molecule has 1 N–H and O–H groups in total. The molecule has 34 heavy (non-hydrogen) atoms. The molecule has 0 spiro atoms. The summed E-state index contributed by atoms with van der Waals surface area (Å²) < 4.78 is 1.99. The van der Waals surface area contributed by atoms with Gasteiger partial charge in [-0.1, -0.05) is 42.0 Å². The van der Waals surface area contributed by atoms with Crippen LogP contribution in [0.15, 0.2) is 79.1 Å². The molecular formula is C28H25N5O. The van der Waals surface area contributed by atoms with Crippen LogP contribution in [0.5, 0.6) is 0 Å². The lowest BCUT2D eigenvalue weighted by molar-refractivity contribution is 0.0993. The Hall–Kier alpha value is -4.32. The molecule has 3 aromatic heterocycles. The molecule has 0 fully saturated rings. The molecular weight excluding hydrogens is 422 g/mol. The fraction of sp³-hybridized carbons (Fsp3) is 0.143. The molecule has 0 saturated carbocycles. The number of aromatic nitrogens is 4. The van der Waals surface area contributed by atoms with E-state index in [1.807, 2.05) is 98.4 Å². The summed E-state index contributed by atoms with van der Waals surface area (Å²) in [4.78, 5) is 26.9. The number of nitrogens with zero attached hydrogens (tertiary/aromatic N) is 4. The lowest BCUT2D eigenvalue weighted by atomic mass is 10.00. The first-order valence-electron chi connectivity index (χ1n) is 11.2. The maximum absolute atomic E-state index is 12.8. The molecule has 0 saturated heterocycles. The molecule has 0 aliphatic rings. The van der Waals surface area contributed by atoms with Crippen molar-refractivity contribution in [3.8, 4) is 11.4 Å². The van der Waals surface area contributed by atoms with Crippen molar-refractivity contribution in [3.63, 3.8) is 0 Å². The summed E-state index contributed by atoms with van der Waals surface area (Å²) in [5, 5.41) is 3.36. The van der Waals surface area contributed by atoms with Gasteiger partial charge >= 0.3 is 0 Å². The third-order valence-corrected chi connectivity index (χ3v) is 5.77. The number of anilines is 2. The number of nitrogens with one attached hydrogen (secondary N) is 1. The highest BCUT2D eigenvalue weighted by Crippen LogP contribution is 2.28. The second-order valence-electron chi connectivity index (χ2n) is 8.57. The van der Waals surface area contributed by atoms with E-state index >= 15 is 0 Å². The van der Waals surface area contributed by atoms with Gasteiger partial charge in [0.1, 0.15) is 11.3 Å². The Kier molecular flexibility index (Phi) is 5.64. The molecule has 0 amide bonds. The van der Waals surface area contributed by atoms with Gasteiger partial charge in [-0.2, -0.15) is 0 Å². The SMILES string of the molecule is Cc1cccc(C(=O)Cc2cccc(-c3nc(Nc4cc(C)ccn4)c4c(ccn4C)n3)c2)c1. The van der Waals surface area contributed by atoms with Crippen LogP contribution in [0.1, 0.15) is 27.0 Å². The lowest BCUT2D eigenvalue weighted by Crippen LogP contribution is -2.05. The van der Waals surface area contributed by atoms with Crippen molar-refractivity contribution >= 4 is 28.5 Å². The number of pyridine rings is 1. The summed E-state index contributed by atoms with van der Waals surface area (Å²) in [7, 11) is 1.97. The van der Waals surface area contributed by atoms with E-state index in [1.165, 1.54) is 0 Å². The van der Waals surface area contributed by atoms with Gasteiger partial charge in [0.05, 0.1) is 5.52 Å². The molecule has 6 heteroatoms. The fourth-order valence-electron chi connectivity index (χ4n) is 4.06. The number of aryl methyl sites for hydroxylation is 3. The number of carbonyl (C=O) groups excluding carboxylic acids is 1. The van der Waals surface area contributed by atoms with E-state index < -0.39 is 0 Å². The van der Waals surface area contributed by atoms with Gasteiger partial charge in [0.2, 0.25) is 0 Å². The maximum Gasteiger partial charge on any atom is 0.167 e. The summed E-state index contributed by atoms with van der Waals surface area (Å²) in [6.45, 7) is 4.02. The number of hydrogen-bond donors (Lipinski definition) is 1. The van der Waals surface area contributed by atoms with E-state index in [4.69, 9.17) is 9.97 Å². The number of ketones is 1. The van der Waals surface area contributed by atoms with Crippen LogP contribution in [0, 0.1) is 13.8 Å². The van der Waals surface area contributed by atoms with Crippen molar-refractivity contribution in [2.75, 3.05) is 5.32 Å². The van der Waals surface area contributed by atoms with Crippen LogP contribution < -0.4 is 5.32 Å². The first kappa shape index (κ1) is 21.5. The number of benzene rings is 2. The van der Waals surface area contributed by atoms with Gasteiger partial charge in [-0.3, -0.25) is 4.79 Å². The smallest absolute Gasteiger partial charge is 0.167 e. The van der Waals surface area contributed by atoms with Crippen molar-refractivity contribution in [2.45, 2.75) is 20.3 Å². The molecule has 6 nitrogen and oxygen atoms in total. The molecule has 0 unspecified atom stereocenters. The van der Waals surface area contributed by atoms with Crippen molar-refractivity contribution in [2.24, 2.45) is 7.05 Å². The third kappa shape index (κ3) is 4.43. The number of Topliss-reactive ketones (excluding diaryl/α,β-unsaturated/α-hetero) is 1. The van der Waals surface area contributed by atoms with Crippen LogP contribution in [0.4, 0.5) is 11.6 Å². The Morgan fingerprint density at radius 3 is 2.59 bits per heavy atom. The Morgan fingerprint density at radius 2 is 1.76 bits per heavy atom. The monoisotopic (exact) mass is 447 g/mol. The second kappa shape index (κ2) is 8.90. The Labute approximate surface area is 198 Å². The van der Waals surface area contributed by atoms with Crippen molar-refractivity contribution < 1.29 is 4.79 Å². The van der Waals surface area contributed by atoms with Crippen LogP contribution in [0.3, 0.4) is 0 Å². The summed E-state index contributed by atoms with van der Waals surface area (Å²) in [5.41, 5.74) is 6.44. The van der Waals surface area contributed by atoms with E-state index in [0.717, 1.165) is 44.7 Å². The van der Waals surface area contributed by atoms with Gasteiger partial charge in [0.25, 0.3) is 0 Å². The highest BCUT2D eigenvalue weighted by Gasteiger charge is 2.14. The summed E-state index contributed by atoms with van der Waals surface area (Å²) in [5.74, 6) is 2.10. The summed E-state index contributed by atoms with van der Waals surface area (Å²) >= 11 is 0.